The zero-order valence-corrected chi connectivity index (χ0v) is 17.9. The summed E-state index contributed by atoms with van der Waals surface area (Å²) in [5.41, 5.74) is 3.65. The SMILES string of the molecule is C#C/C=C(O)\C=C/CCN(c1ccc(C#N)c(CC2=CCC(OC)C=C2)c1)n1cnnc1. The molecular weight excluding hydrogens is 402 g/mol. The summed E-state index contributed by atoms with van der Waals surface area (Å²) in [6.07, 6.45) is 21.6. The summed E-state index contributed by atoms with van der Waals surface area (Å²) in [6.45, 7) is 0.599. The van der Waals surface area contributed by atoms with Gasteiger partial charge in [-0.25, -0.2) is 4.68 Å². The Morgan fingerprint density at radius 3 is 2.88 bits per heavy atom. The molecule has 3 rings (SSSR count). The van der Waals surface area contributed by atoms with Crippen LogP contribution in [0, 0.1) is 23.7 Å². The average molecular weight is 428 g/mol. The lowest BCUT2D eigenvalue weighted by Gasteiger charge is -2.25. The normalized spacial score (nSPS) is 15.9. The molecule has 1 aromatic carbocycles. The van der Waals surface area contributed by atoms with Crippen LogP contribution >= 0.6 is 0 Å². The minimum absolute atomic E-state index is 0.0357. The maximum Gasteiger partial charge on any atom is 0.139 e. The average Bonchev–Trinajstić information content (AvgIpc) is 3.34. The number of nitriles is 1. The van der Waals surface area contributed by atoms with Crippen molar-refractivity contribution < 1.29 is 9.84 Å². The summed E-state index contributed by atoms with van der Waals surface area (Å²) in [5.74, 6) is 2.32. The van der Waals surface area contributed by atoms with Gasteiger partial charge in [-0.2, -0.15) is 5.26 Å². The first-order chi connectivity index (χ1) is 15.6. The van der Waals surface area contributed by atoms with Gasteiger partial charge in [-0.1, -0.05) is 30.2 Å². The molecule has 7 nitrogen and oxygen atoms in total. The second-order valence-electron chi connectivity index (χ2n) is 7.17. The fourth-order valence-corrected chi connectivity index (χ4v) is 3.40. The Bertz CT molecular complexity index is 1110. The number of hydrogen-bond acceptors (Lipinski definition) is 6. The van der Waals surface area contributed by atoms with Crippen molar-refractivity contribution in [3.63, 3.8) is 0 Å². The molecule has 0 fully saturated rings. The third-order valence-corrected chi connectivity index (χ3v) is 5.05. The maximum absolute atomic E-state index is 9.64. The minimum atomic E-state index is 0.0357. The fourth-order valence-electron chi connectivity index (χ4n) is 3.40. The summed E-state index contributed by atoms with van der Waals surface area (Å²) in [6, 6.07) is 8.07. The first-order valence-electron chi connectivity index (χ1n) is 10.2. The molecular formula is C25H25N5O2. The zero-order valence-electron chi connectivity index (χ0n) is 17.9. The largest absolute Gasteiger partial charge is 0.507 e. The molecule has 0 radical (unpaired) electrons. The van der Waals surface area contributed by atoms with E-state index in [9.17, 15) is 10.4 Å². The Kier molecular flexibility index (Phi) is 8.02. The molecule has 0 saturated heterocycles. The Hall–Kier alpha value is -4.07. The first-order valence-corrected chi connectivity index (χ1v) is 10.2. The van der Waals surface area contributed by atoms with E-state index in [4.69, 9.17) is 11.2 Å². The van der Waals surface area contributed by atoms with Gasteiger partial charge in [0.15, 0.2) is 0 Å². The number of hydrogen-bond donors (Lipinski definition) is 1. The van der Waals surface area contributed by atoms with Gasteiger partial charge in [0.25, 0.3) is 0 Å². The third-order valence-electron chi connectivity index (χ3n) is 5.05. The predicted molar refractivity (Wildman–Crippen MR) is 124 cm³/mol. The summed E-state index contributed by atoms with van der Waals surface area (Å²) >= 11 is 0. The topological polar surface area (TPSA) is 87.2 Å². The lowest BCUT2D eigenvalue weighted by atomic mass is 9.95. The van der Waals surface area contributed by atoms with Gasteiger partial charge in [0.1, 0.15) is 18.4 Å². The Balaban J connectivity index is 1.82. The highest BCUT2D eigenvalue weighted by Gasteiger charge is 2.14. The summed E-state index contributed by atoms with van der Waals surface area (Å²) in [4.78, 5) is 0. The number of nitrogens with zero attached hydrogens (tertiary/aromatic N) is 5. The molecule has 0 spiro atoms. The van der Waals surface area contributed by atoms with Crippen molar-refractivity contribution in [3.05, 3.63) is 89.8 Å². The lowest BCUT2D eigenvalue weighted by molar-refractivity contribution is 0.142. The van der Waals surface area contributed by atoms with E-state index in [1.807, 2.05) is 35.4 Å². The van der Waals surface area contributed by atoms with Crippen molar-refractivity contribution >= 4 is 5.69 Å². The van der Waals surface area contributed by atoms with Crippen LogP contribution in [0.1, 0.15) is 24.0 Å². The van der Waals surface area contributed by atoms with Crippen molar-refractivity contribution in [2.45, 2.75) is 25.4 Å². The van der Waals surface area contributed by atoms with Crippen LogP contribution < -0.4 is 5.01 Å². The van der Waals surface area contributed by atoms with E-state index < -0.39 is 0 Å². The number of aliphatic hydroxyl groups excluding tert-OH is 1. The molecule has 1 aromatic heterocycles. The molecule has 0 saturated carbocycles. The number of methoxy groups -OCH3 is 1. The molecule has 1 unspecified atom stereocenters. The van der Waals surface area contributed by atoms with Gasteiger partial charge in [0.2, 0.25) is 0 Å². The van der Waals surface area contributed by atoms with E-state index in [1.54, 1.807) is 30.5 Å². The minimum Gasteiger partial charge on any atom is -0.507 e. The zero-order chi connectivity index (χ0) is 22.8. The van der Waals surface area contributed by atoms with Crippen molar-refractivity contribution in [2.24, 2.45) is 0 Å². The van der Waals surface area contributed by atoms with Gasteiger partial charge in [0, 0.05) is 19.7 Å². The summed E-state index contributed by atoms with van der Waals surface area (Å²) in [5, 5.41) is 29.1. The molecule has 0 amide bonds. The van der Waals surface area contributed by atoms with Crippen molar-refractivity contribution in [3.8, 4) is 18.4 Å². The second-order valence-corrected chi connectivity index (χ2v) is 7.17. The van der Waals surface area contributed by atoms with Crippen molar-refractivity contribution in [1.29, 1.82) is 5.26 Å². The Morgan fingerprint density at radius 2 is 2.22 bits per heavy atom. The van der Waals surface area contributed by atoms with Gasteiger partial charge in [-0.3, -0.25) is 5.01 Å². The molecule has 32 heavy (non-hydrogen) atoms. The second kappa shape index (κ2) is 11.4. The molecule has 1 heterocycles. The molecule has 7 heteroatoms. The van der Waals surface area contributed by atoms with E-state index in [0.717, 1.165) is 23.2 Å². The molecule has 1 atom stereocenters. The van der Waals surface area contributed by atoms with Crippen molar-refractivity contribution in [1.82, 2.24) is 14.9 Å². The van der Waals surface area contributed by atoms with E-state index in [1.165, 1.54) is 6.08 Å². The molecule has 1 aliphatic rings. The van der Waals surface area contributed by atoms with Crippen LogP contribution in [0.4, 0.5) is 5.69 Å². The fraction of sp³-hybridized carbons (Fsp3) is 0.240. The predicted octanol–water partition coefficient (Wildman–Crippen LogP) is 3.88. The van der Waals surface area contributed by atoms with Crippen LogP contribution in [-0.2, 0) is 11.2 Å². The molecule has 1 aliphatic carbocycles. The van der Waals surface area contributed by atoms with Gasteiger partial charge < -0.3 is 9.84 Å². The van der Waals surface area contributed by atoms with Crippen LogP contribution in [0.3, 0.4) is 0 Å². The van der Waals surface area contributed by atoms with Crippen LogP contribution in [0.5, 0.6) is 0 Å². The number of terminal acetylenes is 1. The molecule has 0 aliphatic heterocycles. The summed E-state index contributed by atoms with van der Waals surface area (Å²) < 4.78 is 7.15. The lowest BCUT2D eigenvalue weighted by Crippen LogP contribution is -2.29. The number of rotatable bonds is 9. The highest BCUT2D eigenvalue weighted by atomic mass is 16.5. The number of ether oxygens (including phenoxy) is 1. The van der Waals surface area contributed by atoms with Crippen LogP contribution in [0.25, 0.3) is 0 Å². The van der Waals surface area contributed by atoms with E-state index in [0.29, 0.717) is 24.9 Å². The smallest absolute Gasteiger partial charge is 0.139 e. The van der Waals surface area contributed by atoms with Gasteiger partial charge in [0.05, 0.1) is 23.4 Å². The highest BCUT2D eigenvalue weighted by molar-refractivity contribution is 5.55. The van der Waals surface area contributed by atoms with Crippen LogP contribution in [0.15, 0.2) is 78.6 Å². The standard InChI is InChI=1S/C25H25N5O2/c1-3-6-24(31)7-4-5-14-30(29-18-27-28-19-29)23-11-10-21(17-26)22(16-23)15-20-8-12-25(32-2)13-9-20/h1,4,6-12,16,18-19,25,31H,5,13-15H2,2H3/b7-4-,24-6+. The first kappa shape index (κ1) is 22.6. The van der Waals surface area contributed by atoms with Crippen LogP contribution in [0.2, 0.25) is 0 Å². The summed E-state index contributed by atoms with van der Waals surface area (Å²) in [7, 11) is 1.70. The van der Waals surface area contributed by atoms with Crippen molar-refractivity contribution in [2.75, 3.05) is 18.7 Å². The Morgan fingerprint density at radius 1 is 1.41 bits per heavy atom. The third kappa shape index (κ3) is 5.98. The molecule has 1 N–H and O–H groups in total. The van der Waals surface area contributed by atoms with Gasteiger partial charge in [-0.05, 0) is 54.7 Å². The van der Waals surface area contributed by atoms with Crippen LogP contribution in [-0.4, -0.2) is 39.7 Å². The quantitative estimate of drug-likeness (QED) is 0.371. The van der Waals surface area contributed by atoms with Gasteiger partial charge in [-0.15, -0.1) is 16.6 Å². The molecule has 0 bridgehead atoms. The van der Waals surface area contributed by atoms with E-state index in [2.05, 4.69) is 34.3 Å². The Labute approximate surface area is 188 Å². The molecule has 162 valence electrons. The van der Waals surface area contributed by atoms with E-state index in [-0.39, 0.29) is 11.9 Å². The number of aromatic nitrogens is 3. The number of aliphatic hydroxyl groups is 1. The monoisotopic (exact) mass is 427 g/mol. The molecule has 2 aromatic rings. The number of allylic oxidation sites excluding steroid dienone is 4. The number of benzene rings is 1. The highest BCUT2D eigenvalue weighted by Crippen LogP contribution is 2.25. The van der Waals surface area contributed by atoms with Gasteiger partial charge >= 0.3 is 0 Å². The maximum atomic E-state index is 9.64. The number of anilines is 1. The van der Waals surface area contributed by atoms with E-state index >= 15 is 0 Å².